The van der Waals surface area contributed by atoms with Gasteiger partial charge in [-0.2, -0.15) is 0 Å². The zero-order valence-electron chi connectivity index (χ0n) is 13.7. The van der Waals surface area contributed by atoms with Crippen LogP contribution in [0.1, 0.15) is 39.1 Å². The molecule has 3 amide bonds. The number of hydrogen-bond donors (Lipinski definition) is 2. The third-order valence-corrected chi connectivity index (χ3v) is 4.21. The minimum atomic E-state index is -0.525. The Morgan fingerprint density at radius 1 is 1.00 bits per heavy atom. The molecular formula is C19H19N3O3. The van der Waals surface area contributed by atoms with Gasteiger partial charge in [0.25, 0.3) is 5.91 Å². The maximum atomic E-state index is 12.1. The van der Waals surface area contributed by atoms with Crippen LogP contribution in [0.15, 0.2) is 48.5 Å². The second kappa shape index (κ2) is 7.17. The maximum Gasteiger partial charge on any atom is 0.251 e. The molecule has 0 unspecified atom stereocenters. The van der Waals surface area contributed by atoms with Gasteiger partial charge < -0.3 is 16.0 Å². The molecule has 0 saturated carbocycles. The van der Waals surface area contributed by atoms with E-state index in [1.807, 2.05) is 24.3 Å². The molecule has 1 fully saturated rings. The van der Waals surface area contributed by atoms with E-state index >= 15 is 0 Å². The lowest BCUT2D eigenvalue weighted by atomic mass is 10.1. The molecule has 1 aliphatic heterocycles. The number of nitrogens with zero attached hydrogens (tertiary/aromatic N) is 1. The van der Waals surface area contributed by atoms with Crippen molar-refractivity contribution in [3.63, 3.8) is 0 Å². The largest absolute Gasteiger partial charge is 0.366 e. The monoisotopic (exact) mass is 337 g/mol. The molecule has 128 valence electrons. The van der Waals surface area contributed by atoms with E-state index in [-0.39, 0.29) is 11.8 Å². The summed E-state index contributed by atoms with van der Waals surface area (Å²) in [6.45, 7) is 1.14. The average Bonchev–Trinajstić information content (AvgIpc) is 3.06. The second-order valence-electron chi connectivity index (χ2n) is 5.94. The van der Waals surface area contributed by atoms with Crippen LogP contribution in [-0.2, 0) is 11.3 Å². The summed E-state index contributed by atoms with van der Waals surface area (Å²) in [7, 11) is 0. The smallest absolute Gasteiger partial charge is 0.251 e. The predicted octanol–water partition coefficient (Wildman–Crippen LogP) is 1.84. The molecule has 2 aromatic carbocycles. The van der Waals surface area contributed by atoms with Crippen molar-refractivity contribution in [1.29, 1.82) is 0 Å². The third kappa shape index (κ3) is 3.85. The lowest BCUT2D eigenvalue weighted by Gasteiger charge is -2.16. The Hall–Kier alpha value is -3.15. The van der Waals surface area contributed by atoms with Crippen LogP contribution in [0.5, 0.6) is 0 Å². The summed E-state index contributed by atoms with van der Waals surface area (Å²) >= 11 is 0. The van der Waals surface area contributed by atoms with E-state index in [2.05, 4.69) is 5.32 Å². The van der Waals surface area contributed by atoms with E-state index in [0.717, 1.165) is 24.2 Å². The number of carbonyl (C=O) groups is 3. The highest BCUT2D eigenvalue weighted by Crippen LogP contribution is 2.21. The molecule has 3 N–H and O–H groups in total. The van der Waals surface area contributed by atoms with Crippen molar-refractivity contribution in [3.8, 4) is 0 Å². The van der Waals surface area contributed by atoms with E-state index in [9.17, 15) is 14.4 Å². The molecule has 6 heteroatoms. The molecule has 6 nitrogen and oxygen atoms in total. The molecule has 1 saturated heterocycles. The quantitative estimate of drug-likeness (QED) is 0.872. The molecule has 25 heavy (non-hydrogen) atoms. The van der Waals surface area contributed by atoms with Crippen LogP contribution in [0.4, 0.5) is 5.69 Å². The van der Waals surface area contributed by atoms with Crippen molar-refractivity contribution in [2.45, 2.75) is 19.4 Å². The van der Waals surface area contributed by atoms with Gasteiger partial charge in [-0.1, -0.05) is 12.1 Å². The van der Waals surface area contributed by atoms with Crippen LogP contribution in [0.3, 0.4) is 0 Å². The van der Waals surface area contributed by atoms with Gasteiger partial charge in [0.2, 0.25) is 11.8 Å². The molecule has 2 aromatic rings. The zero-order valence-corrected chi connectivity index (χ0v) is 13.7. The fraction of sp³-hybridized carbons (Fsp3) is 0.211. The molecule has 0 atom stereocenters. The van der Waals surface area contributed by atoms with Crippen LogP contribution in [0, 0.1) is 0 Å². The van der Waals surface area contributed by atoms with Crippen LogP contribution in [0.2, 0.25) is 0 Å². The summed E-state index contributed by atoms with van der Waals surface area (Å²) in [5.41, 5.74) is 7.83. The summed E-state index contributed by atoms with van der Waals surface area (Å²) in [5, 5.41) is 2.83. The predicted molar refractivity (Wildman–Crippen MR) is 94.2 cm³/mol. The van der Waals surface area contributed by atoms with Crippen molar-refractivity contribution < 1.29 is 14.4 Å². The van der Waals surface area contributed by atoms with Crippen LogP contribution in [-0.4, -0.2) is 24.3 Å². The first-order valence-electron chi connectivity index (χ1n) is 8.12. The van der Waals surface area contributed by atoms with Gasteiger partial charge in [0.1, 0.15) is 0 Å². The summed E-state index contributed by atoms with van der Waals surface area (Å²) < 4.78 is 0. The summed E-state index contributed by atoms with van der Waals surface area (Å²) in [4.78, 5) is 36.7. The number of anilines is 1. The van der Waals surface area contributed by atoms with Crippen molar-refractivity contribution >= 4 is 23.4 Å². The summed E-state index contributed by atoms with van der Waals surface area (Å²) in [5.74, 6) is -0.598. The van der Waals surface area contributed by atoms with Crippen molar-refractivity contribution in [3.05, 3.63) is 65.2 Å². The van der Waals surface area contributed by atoms with Crippen molar-refractivity contribution in [2.75, 3.05) is 11.4 Å². The highest BCUT2D eigenvalue weighted by molar-refractivity contribution is 5.97. The first-order chi connectivity index (χ1) is 12.0. The van der Waals surface area contributed by atoms with Crippen LogP contribution in [0.25, 0.3) is 0 Å². The fourth-order valence-corrected chi connectivity index (χ4v) is 2.79. The lowest BCUT2D eigenvalue weighted by Crippen LogP contribution is -2.24. The molecule has 0 aromatic heterocycles. The zero-order chi connectivity index (χ0) is 17.8. The van der Waals surface area contributed by atoms with Gasteiger partial charge in [-0.25, -0.2) is 0 Å². The van der Waals surface area contributed by atoms with E-state index in [0.29, 0.717) is 24.1 Å². The van der Waals surface area contributed by atoms with E-state index in [4.69, 9.17) is 5.73 Å². The molecule has 0 bridgehead atoms. The molecule has 0 aliphatic carbocycles. The van der Waals surface area contributed by atoms with Gasteiger partial charge in [0.15, 0.2) is 0 Å². The SMILES string of the molecule is NC(=O)c1ccc(C(=O)NCc2ccc(N3CCCC3=O)cc2)cc1. The highest BCUT2D eigenvalue weighted by atomic mass is 16.2. The minimum Gasteiger partial charge on any atom is -0.366 e. The average molecular weight is 337 g/mol. The van der Waals surface area contributed by atoms with Gasteiger partial charge >= 0.3 is 0 Å². The molecule has 3 rings (SSSR count). The number of amides is 3. The number of primary amides is 1. The van der Waals surface area contributed by atoms with Gasteiger partial charge in [0.05, 0.1) is 0 Å². The molecule has 0 radical (unpaired) electrons. The summed E-state index contributed by atoms with van der Waals surface area (Å²) in [6, 6.07) is 13.8. The number of nitrogens with one attached hydrogen (secondary N) is 1. The molecule has 1 heterocycles. The highest BCUT2D eigenvalue weighted by Gasteiger charge is 2.21. The summed E-state index contributed by atoms with van der Waals surface area (Å²) in [6.07, 6.45) is 1.50. The van der Waals surface area contributed by atoms with Gasteiger partial charge in [-0.15, -0.1) is 0 Å². The van der Waals surface area contributed by atoms with E-state index in [1.165, 1.54) is 12.1 Å². The first-order valence-corrected chi connectivity index (χ1v) is 8.12. The van der Waals surface area contributed by atoms with Gasteiger partial charge in [-0.05, 0) is 48.4 Å². The van der Waals surface area contributed by atoms with Gasteiger partial charge in [0, 0.05) is 36.3 Å². The normalized spacial score (nSPS) is 13.8. The van der Waals surface area contributed by atoms with E-state index < -0.39 is 5.91 Å². The number of rotatable bonds is 5. The number of nitrogens with two attached hydrogens (primary N) is 1. The number of benzene rings is 2. The number of hydrogen-bond acceptors (Lipinski definition) is 3. The Balaban J connectivity index is 1.58. The Morgan fingerprint density at radius 2 is 1.64 bits per heavy atom. The maximum absolute atomic E-state index is 12.1. The Morgan fingerprint density at radius 3 is 2.20 bits per heavy atom. The Labute approximate surface area is 145 Å². The van der Waals surface area contributed by atoms with E-state index in [1.54, 1.807) is 17.0 Å². The first kappa shape index (κ1) is 16.7. The van der Waals surface area contributed by atoms with Crippen molar-refractivity contribution in [2.24, 2.45) is 5.73 Å². The van der Waals surface area contributed by atoms with Crippen LogP contribution < -0.4 is 16.0 Å². The second-order valence-corrected chi connectivity index (χ2v) is 5.94. The third-order valence-electron chi connectivity index (χ3n) is 4.21. The number of carbonyl (C=O) groups excluding carboxylic acids is 3. The Bertz CT molecular complexity index is 798. The van der Waals surface area contributed by atoms with Crippen molar-refractivity contribution in [1.82, 2.24) is 5.32 Å². The van der Waals surface area contributed by atoms with Gasteiger partial charge in [-0.3, -0.25) is 14.4 Å². The lowest BCUT2D eigenvalue weighted by molar-refractivity contribution is -0.117. The minimum absolute atomic E-state index is 0.153. The fourth-order valence-electron chi connectivity index (χ4n) is 2.79. The Kier molecular flexibility index (Phi) is 4.79. The van der Waals surface area contributed by atoms with Crippen LogP contribution >= 0.6 is 0 Å². The molecular weight excluding hydrogens is 318 g/mol. The molecule has 1 aliphatic rings. The standard InChI is InChI=1S/C19H19N3O3/c20-18(24)14-5-7-15(8-6-14)19(25)21-12-13-3-9-16(10-4-13)22-11-1-2-17(22)23/h3-10H,1-2,11-12H2,(H2,20,24)(H,21,25). The molecule has 0 spiro atoms. The topological polar surface area (TPSA) is 92.5 Å².